The molecule has 1 atom stereocenters. The highest BCUT2D eigenvalue weighted by Crippen LogP contribution is 2.45. The Morgan fingerprint density at radius 3 is 1.27 bits per heavy atom. The van der Waals surface area contributed by atoms with Gasteiger partial charge in [0.05, 0.1) is 0 Å². The molecule has 0 heterocycles. The molecule has 148 valence electrons. The average Bonchev–Trinajstić information content (AvgIpc) is 2.82. The van der Waals surface area contributed by atoms with Gasteiger partial charge < -0.3 is 5.11 Å². The summed E-state index contributed by atoms with van der Waals surface area (Å²) in [4.78, 5) is 12.5. The second-order valence-electron chi connectivity index (χ2n) is 7.11. The number of carboxylic acids is 1. The lowest BCUT2D eigenvalue weighted by Gasteiger charge is -2.30. The molecule has 30 heavy (non-hydrogen) atoms. The minimum atomic E-state index is -2.33. The zero-order valence-electron chi connectivity index (χ0n) is 16.5. The summed E-state index contributed by atoms with van der Waals surface area (Å²) >= 11 is 0. The van der Waals surface area contributed by atoms with Crippen LogP contribution in [0.3, 0.4) is 0 Å². The van der Waals surface area contributed by atoms with Gasteiger partial charge in [0.15, 0.2) is 0 Å². The molecule has 0 spiro atoms. The van der Waals surface area contributed by atoms with Crippen LogP contribution in [0.4, 0.5) is 0 Å². The van der Waals surface area contributed by atoms with Crippen LogP contribution in [0.2, 0.25) is 0 Å². The molecule has 4 aromatic rings. The van der Waals surface area contributed by atoms with Gasteiger partial charge in [0.2, 0.25) is 0 Å². The number of carbonyl (C=O) groups is 1. The van der Waals surface area contributed by atoms with Gasteiger partial charge in [-0.25, -0.2) is 0 Å². The molecule has 0 bridgehead atoms. The number of hydrogen-bond acceptors (Lipinski definition) is 1. The molecule has 3 heteroatoms. The van der Waals surface area contributed by atoms with Gasteiger partial charge in [0, 0.05) is 0 Å². The van der Waals surface area contributed by atoms with Gasteiger partial charge in [-0.05, 0) is 28.4 Å². The summed E-state index contributed by atoms with van der Waals surface area (Å²) in [6.45, 7) is -2.33. The van der Waals surface area contributed by atoms with Gasteiger partial charge in [-0.15, -0.1) is 0 Å². The fourth-order valence-corrected chi connectivity index (χ4v) is 7.96. The van der Waals surface area contributed by atoms with Crippen LogP contribution in [0.1, 0.15) is 11.5 Å². The third kappa shape index (κ3) is 3.87. The summed E-state index contributed by atoms with van der Waals surface area (Å²) in [5.41, 5.74) is 0.789. The van der Waals surface area contributed by atoms with Crippen molar-refractivity contribution in [1.82, 2.24) is 0 Å². The van der Waals surface area contributed by atoms with E-state index in [9.17, 15) is 9.90 Å². The lowest BCUT2D eigenvalue weighted by atomic mass is 10.0. The Bertz CT molecular complexity index is 1050. The second-order valence-corrected chi connectivity index (χ2v) is 10.4. The molecule has 0 aromatic heterocycles. The Hall–Kier alpha value is -3.35. The van der Waals surface area contributed by atoms with E-state index in [4.69, 9.17) is 0 Å². The fraction of sp³-hybridized carbons (Fsp3) is 0.0370. The molecule has 0 aliphatic carbocycles. The predicted octanol–water partition coefficient (Wildman–Crippen LogP) is 4.65. The minimum Gasteiger partial charge on any atom is -0.481 e. The number of benzene rings is 4. The van der Waals surface area contributed by atoms with E-state index in [1.807, 2.05) is 84.9 Å². The van der Waals surface area contributed by atoms with Crippen LogP contribution in [0, 0.1) is 0 Å². The van der Waals surface area contributed by atoms with E-state index in [-0.39, 0.29) is 0 Å². The molecule has 0 amide bonds. The third-order valence-corrected chi connectivity index (χ3v) is 9.37. The van der Waals surface area contributed by atoms with E-state index in [0.29, 0.717) is 0 Å². The summed E-state index contributed by atoms with van der Waals surface area (Å²) in [7, 11) is 0. The van der Waals surface area contributed by atoms with E-state index >= 15 is 0 Å². The van der Waals surface area contributed by atoms with Gasteiger partial charge in [-0.2, -0.15) is 0 Å². The van der Waals surface area contributed by atoms with Gasteiger partial charge >= 0.3 is 5.97 Å². The molecule has 4 aromatic carbocycles. The Labute approximate surface area is 177 Å². The predicted molar refractivity (Wildman–Crippen MR) is 128 cm³/mol. The first-order chi connectivity index (χ1) is 14.7. The van der Waals surface area contributed by atoms with Gasteiger partial charge in [0.1, 0.15) is 5.92 Å². The number of hydrogen-bond donors (Lipinski definition) is 1. The van der Waals surface area contributed by atoms with Crippen LogP contribution in [0.25, 0.3) is 0 Å². The van der Waals surface area contributed by atoms with E-state index in [1.165, 1.54) is 0 Å². The smallest absolute Gasteiger partial charge is 0.314 e. The SMILES string of the molecule is O=C(O)C(C=P(c1ccccc1)(c1ccccc1)c1ccccc1)c1ccccc1. The number of carboxylic acid groups (broad SMARTS) is 1. The van der Waals surface area contributed by atoms with Crippen molar-refractivity contribution < 1.29 is 9.90 Å². The number of aliphatic carboxylic acids is 1. The van der Waals surface area contributed by atoms with E-state index in [2.05, 4.69) is 42.2 Å². The quantitative estimate of drug-likeness (QED) is 0.470. The largest absolute Gasteiger partial charge is 0.481 e. The fourth-order valence-electron chi connectivity index (χ4n) is 3.87. The summed E-state index contributed by atoms with van der Waals surface area (Å²) in [6.07, 6.45) is 0. The second kappa shape index (κ2) is 8.98. The molecule has 4 rings (SSSR count). The molecule has 0 aliphatic heterocycles. The van der Waals surface area contributed by atoms with Crippen molar-refractivity contribution in [3.63, 3.8) is 0 Å². The lowest BCUT2D eigenvalue weighted by molar-refractivity contribution is -0.136. The van der Waals surface area contributed by atoms with Crippen molar-refractivity contribution in [3.8, 4) is 0 Å². The van der Waals surface area contributed by atoms with Crippen molar-refractivity contribution >= 4 is 34.6 Å². The summed E-state index contributed by atoms with van der Waals surface area (Å²) < 4.78 is 0. The Morgan fingerprint density at radius 1 is 0.600 bits per heavy atom. The summed E-state index contributed by atoms with van der Waals surface area (Å²) in [5, 5.41) is 13.6. The van der Waals surface area contributed by atoms with E-state index in [0.717, 1.165) is 21.5 Å². The summed E-state index contributed by atoms with van der Waals surface area (Å²) in [5.74, 6) is 0.526. The Balaban J connectivity index is 2.12. The van der Waals surface area contributed by atoms with Crippen LogP contribution >= 0.6 is 6.89 Å². The topological polar surface area (TPSA) is 37.3 Å². The molecule has 1 N–H and O–H groups in total. The van der Waals surface area contributed by atoms with Crippen molar-refractivity contribution in [3.05, 3.63) is 127 Å². The van der Waals surface area contributed by atoms with E-state index in [1.54, 1.807) is 0 Å². The van der Waals surface area contributed by atoms with Gasteiger partial charge in [-0.1, -0.05) is 127 Å². The Morgan fingerprint density at radius 2 is 0.933 bits per heavy atom. The first-order valence-electron chi connectivity index (χ1n) is 9.91. The molecule has 2 nitrogen and oxygen atoms in total. The van der Waals surface area contributed by atoms with Crippen molar-refractivity contribution in [2.24, 2.45) is 0 Å². The summed E-state index contributed by atoms with van der Waals surface area (Å²) in [6, 6.07) is 40.4. The molecule has 0 radical (unpaired) electrons. The first-order valence-corrected chi connectivity index (χ1v) is 11.8. The number of rotatable bonds is 6. The minimum absolute atomic E-state index is 0.722. The van der Waals surface area contributed by atoms with Crippen LogP contribution < -0.4 is 15.9 Å². The van der Waals surface area contributed by atoms with Gasteiger partial charge in [-0.3, -0.25) is 4.79 Å². The van der Waals surface area contributed by atoms with Crippen LogP contribution in [0.15, 0.2) is 121 Å². The molecule has 1 unspecified atom stereocenters. The first kappa shape index (κ1) is 19.9. The van der Waals surface area contributed by atoms with Gasteiger partial charge in [0.25, 0.3) is 0 Å². The monoisotopic (exact) mass is 410 g/mol. The normalized spacial score (nSPS) is 12.1. The lowest BCUT2D eigenvalue weighted by Crippen LogP contribution is -2.29. The highest BCUT2D eigenvalue weighted by molar-refractivity contribution is 7.94. The molecular weight excluding hydrogens is 387 g/mol. The molecule has 0 saturated heterocycles. The molecule has 0 aliphatic rings. The van der Waals surface area contributed by atoms with Crippen molar-refractivity contribution in [1.29, 1.82) is 0 Å². The molecule has 0 saturated carbocycles. The highest BCUT2D eigenvalue weighted by Gasteiger charge is 2.29. The zero-order valence-corrected chi connectivity index (χ0v) is 17.4. The third-order valence-electron chi connectivity index (χ3n) is 5.29. The maximum absolute atomic E-state index is 12.5. The zero-order chi connectivity index (χ0) is 20.8. The molecular formula is C27H23O2P. The Kier molecular flexibility index (Phi) is 5.97. The van der Waals surface area contributed by atoms with Crippen molar-refractivity contribution in [2.45, 2.75) is 5.92 Å². The maximum Gasteiger partial charge on any atom is 0.314 e. The average molecular weight is 410 g/mol. The van der Waals surface area contributed by atoms with Crippen molar-refractivity contribution in [2.75, 3.05) is 0 Å². The van der Waals surface area contributed by atoms with Crippen LogP contribution in [0.5, 0.6) is 0 Å². The van der Waals surface area contributed by atoms with E-state index < -0.39 is 18.8 Å². The highest BCUT2D eigenvalue weighted by atomic mass is 31.2. The maximum atomic E-state index is 12.5. The van der Waals surface area contributed by atoms with Crippen LogP contribution in [-0.4, -0.2) is 16.9 Å². The standard InChI is InChI=1S/C27H23O2P/c28-27(29)26(22-13-5-1-6-14-22)21-30(23-15-7-2-8-16-23,24-17-9-3-10-18-24)25-19-11-4-12-20-25/h1-21,26H,(H,28,29). The van der Waals surface area contributed by atoms with Crippen LogP contribution in [-0.2, 0) is 4.79 Å². The molecule has 0 fully saturated rings.